The highest BCUT2D eigenvalue weighted by Gasteiger charge is 2.36. The molecule has 5 amide bonds. The van der Waals surface area contributed by atoms with Crippen molar-refractivity contribution in [2.75, 3.05) is 33.2 Å². The van der Waals surface area contributed by atoms with E-state index < -0.39 is 6.03 Å². The van der Waals surface area contributed by atoms with Gasteiger partial charge >= 0.3 is 6.03 Å². The minimum absolute atomic E-state index is 0.00482. The summed E-state index contributed by atoms with van der Waals surface area (Å²) in [5.41, 5.74) is 2.11. The number of amides is 5. The van der Waals surface area contributed by atoms with E-state index in [1.54, 1.807) is 4.90 Å². The predicted octanol–water partition coefficient (Wildman–Crippen LogP) is -1.89. The van der Waals surface area contributed by atoms with Crippen molar-refractivity contribution in [1.29, 1.82) is 0 Å². The van der Waals surface area contributed by atoms with Gasteiger partial charge < -0.3 is 9.80 Å². The molecule has 0 aromatic heterocycles. The first-order valence-electron chi connectivity index (χ1n) is 6.77. The van der Waals surface area contributed by atoms with Gasteiger partial charge in [-0.2, -0.15) is 0 Å². The normalized spacial score (nSPS) is 20.2. The van der Waals surface area contributed by atoms with Gasteiger partial charge in [0.25, 0.3) is 5.91 Å². The number of hydrazine groups is 1. The molecular weight excluding hydrogens is 278 g/mol. The Morgan fingerprint density at radius 1 is 1.29 bits per heavy atom. The number of hydrogen-bond acceptors (Lipinski definition) is 5. The summed E-state index contributed by atoms with van der Waals surface area (Å²) in [4.78, 5) is 50.7. The van der Waals surface area contributed by atoms with Crippen LogP contribution in [0.5, 0.6) is 0 Å². The maximum Gasteiger partial charge on any atom is 0.327 e. The molecule has 2 saturated heterocycles. The number of carbonyl (C=O) groups excluding carboxylic acids is 4. The van der Waals surface area contributed by atoms with Crippen molar-refractivity contribution >= 4 is 23.8 Å². The van der Waals surface area contributed by atoms with E-state index >= 15 is 0 Å². The average Bonchev–Trinajstić information content (AvgIpc) is 2.73. The number of rotatable bonds is 3. The zero-order valence-corrected chi connectivity index (χ0v) is 11.9. The molecular formula is C12H19N5O4. The highest BCUT2D eigenvalue weighted by atomic mass is 16.2. The van der Waals surface area contributed by atoms with Crippen LogP contribution in [0.1, 0.15) is 12.8 Å². The van der Waals surface area contributed by atoms with Gasteiger partial charge in [0, 0.05) is 26.1 Å². The number of piperidine rings is 1. The topological polar surface area (TPSA) is 116 Å². The van der Waals surface area contributed by atoms with Gasteiger partial charge in [-0.15, -0.1) is 0 Å². The monoisotopic (exact) mass is 297 g/mol. The van der Waals surface area contributed by atoms with E-state index in [1.165, 1.54) is 11.9 Å². The fourth-order valence-electron chi connectivity index (χ4n) is 2.57. The third kappa shape index (κ3) is 3.13. The van der Waals surface area contributed by atoms with E-state index in [4.69, 9.17) is 5.84 Å². The summed E-state index contributed by atoms with van der Waals surface area (Å²) >= 11 is 0. The van der Waals surface area contributed by atoms with Gasteiger partial charge in [0.15, 0.2) is 0 Å². The van der Waals surface area contributed by atoms with E-state index in [0.717, 1.165) is 4.90 Å². The Bertz CT molecular complexity index is 472. The van der Waals surface area contributed by atoms with Crippen molar-refractivity contribution < 1.29 is 19.2 Å². The molecule has 0 aliphatic carbocycles. The number of carbonyl (C=O) groups is 4. The number of imide groups is 1. The van der Waals surface area contributed by atoms with E-state index in [1.807, 2.05) is 0 Å². The molecule has 0 bridgehead atoms. The molecule has 0 spiro atoms. The van der Waals surface area contributed by atoms with Crippen LogP contribution < -0.4 is 11.3 Å². The third-order valence-corrected chi connectivity index (χ3v) is 3.89. The van der Waals surface area contributed by atoms with Gasteiger partial charge in [0.1, 0.15) is 13.1 Å². The highest BCUT2D eigenvalue weighted by Crippen LogP contribution is 2.18. The van der Waals surface area contributed by atoms with Crippen LogP contribution in [0.25, 0.3) is 0 Å². The molecule has 116 valence electrons. The number of nitrogens with two attached hydrogens (primary N) is 1. The van der Waals surface area contributed by atoms with E-state index in [-0.39, 0.29) is 36.7 Å². The lowest BCUT2D eigenvalue weighted by molar-refractivity contribution is -0.138. The smallest absolute Gasteiger partial charge is 0.327 e. The molecule has 0 unspecified atom stereocenters. The van der Waals surface area contributed by atoms with Crippen LogP contribution in [0.3, 0.4) is 0 Å². The summed E-state index contributed by atoms with van der Waals surface area (Å²) in [6.07, 6.45) is 1.05. The van der Waals surface area contributed by atoms with Gasteiger partial charge in [-0.1, -0.05) is 0 Å². The second-order valence-corrected chi connectivity index (χ2v) is 5.28. The Kier molecular flexibility index (Phi) is 4.41. The van der Waals surface area contributed by atoms with Gasteiger partial charge in [-0.05, 0) is 12.8 Å². The van der Waals surface area contributed by atoms with Crippen LogP contribution >= 0.6 is 0 Å². The Hall–Kier alpha value is -2.16. The van der Waals surface area contributed by atoms with Crippen LogP contribution in [0.4, 0.5) is 4.79 Å². The molecule has 0 saturated carbocycles. The van der Waals surface area contributed by atoms with Crippen LogP contribution in [-0.4, -0.2) is 71.7 Å². The summed E-state index contributed by atoms with van der Waals surface area (Å²) < 4.78 is 0. The first-order valence-corrected chi connectivity index (χ1v) is 6.77. The number of hydrogen-bond donors (Lipinski definition) is 2. The molecule has 9 heteroatoms. The molecule has 2 fully saturated rings. The molecule has 2 aliphatic heterocycles. The molecule has 2 heterocycles. The third-order valence-electron chi connectivity index (χ3n) is 3.89. The first-order chi connectivity index (χ1) is 9.93. The molecule has 3 N–H and O–H groups in total. The number of nitrogens with one attached hydrogen (secondary N) is 1. The van der Waals surface area contributed by atoms with Crippen LogP contribution in [0.15, 0.2) is 0 Å². The van der Waals surface area contributed by atoms with Gasteiger partial charge in [-0.25, -0.2) is 10.6 Å². The Morgan fingerprint density at radius 2 is 1.90 bits per heavy atom. The largest absolute Gasteiger partial charge is 0.341 e. The van der Waals surface area contributed by atoms with Crippen molar-refractivity contribution in [1.82, 2.24) is 20.1 Å². The maximum absolute atomic E-state index is 12.1. The second-order valence-electron chi connectivity index (χ2n) is 5.28. The zero-order chi connectivity index (χ0) is 15.6. The summed E-state index contributed by atoms with van der Waals surface area (Å²) in [6.45, 7) is 0.604. The Labute approximate surface area is 122 Å². The maximum atomic E-state index is 12.1. The van der Waals surface area contributed by atoms with Crippen molar-refractivity contribution in [3.8, 4) is 0 Å². The van der Waals surface area contributed by atoms with Crippen LogP contribution in [0.2, 0.25) is 0 Å². The van der Waals surface area contributed by atoms with Crippen LogP contribution in [-0.2, 0) is 14.4 Å². The van der Waals surface area contributed by atoms with Crippen molar-refractivity contribution in [2.24, 2.45) is 11.8 Å². The second kappa shape index (κ2) is 6.08. The van der Waals surface area contributed by atoms with Crippen molar-refractivity contribution in [3.63, 3.8) is 0 Å². The van der Waals surface area contributed by atoms with Gasteiger partial charge in [0.2, 0.25) is 11.8 Å². The van der Waals surface area contributed by atoms with E-state index in [2.05, 4.69) is 5.43 Å². The number of likely N-dealkylation sites (tertiary alicyclic amines) is 1. The molecule has 0 radical (unpaired) electrons. The lowest BCUT2D eigenvalue weighted by Crippen LogP contribution is -2.48. The minimum Gasteiger partial charge on any atom is -0.341 e. The molecule has 9 nitrogen and oxygen atoms in total. The summed E-state index contributed by atoms with van der Waals surface area (Å²) in [5.74, 6) is 4.01. The number of likely N-dealkylation sites (N-methyl/N-ethyl adjacent to an activating group) is 1. The van der Waals surface area contributed by atoms with Gasteiger partial charge in [-0.3, -0.25) is 24.7 Å². The fraction of sp³-hybridized carbons (Fsp3) is 0.667. The molecule has 21 heavy (non-hydrogen) atoms. The predicted molar refractivity (Wildman–Crippen MR) is 71.4 cm³/mol. The van der Waals surface area contributed by atoms with Crippen molar-refractivity contribution in [3.05, 3.63) is 0 Å². The SMILES string of the molecule is CN1CC(=O)N(CC(=O)N2CCC(C(=O)NN)CC2)C1=O. The highest BCUT2D eigenvalue weighted by molar-refractivity contribution is 6.04. The molecule has 0 aromatic rings. The summed E-state index contributed by atoms with van der Waals surface area (Å²) in [6, 6.07) is -0.453. The minimum atomic E-state index is -0.453. The van der Waals surface area contributed by atoms with Crippen LogP contribution in [0, 0.1) is 5.92 Å². The number of urea groups is 1. The lowest BCUT2D eigenvalue weighted by Gasteiger charge is -2.31. The molecule has 2 rings (SSSR count). The average molecular weight is 297 g/mol. The number of nitrogens with zero attached hydrogens (tertiary/aromatic N) is 3. The van der Waals surface area contributed by atoms with E-state index in [0.29, 0.717) is 25.9 Å². The van der Waals surface area contributed by atoms with Gasteiger partial charge in [0.05, 0.1) is 0 Å². The first kappa shape index (κ1) is 15.2. The lowest BCUT2D eigenvalue weighted by atomic mass is 9.96. The quantitative estimate of drug-likeness (QED) is 0.273. The fourth-order valence-corrected chi connectivity index (χ4v) is 2.57. The molecule has 0 aromatic carbocycles. The summed E-state index contributed by atoms with van der Waals surface area (Å²) in [5, 5.41) is 0. The standard InChI is InChI=1S/C12H19N5O4/c1-15-6-10(19)17(12(15)21)7-9(18)16-4-2-8(3-5-16)11(20)14-13/h8H,2-7,13H2,1H3,(H,14,20). The summed E-state index contributed by atoms with van der Waals surface area (Å²) in [7, 11) is 1.52. The molecule has 2 aliphatic rings. The van der Waals surface area contributed by atoms with Crippen molar-refractivity contribution in [2.45, 2.75) is 12.8 Å². The Balaban J connectivity index is 1.87. The zero-order valence-electron chi connectivity index (χ0n) is 11.9. The Morgan fingerprint density at radius 3 is 2.38 bits per heavy atom. The molecule has 0 atom stereocenters. The van der Waals surface area contributed by atoms with E-state index in [9.17, 15) is 19.2 Å².